The number of rotatable bonds is 2. The van der Waals surface area contributed by atoms with Gasteiger partial charge in [0.05, 0.1) is 5.56 Å². The Balaban J connectivity index is 3.23. The van der Waals surface area contributed by atoms with Crippen LogP contribution in [0.25, 0.3) is 0 Å². The lowest BCUT2D eigenvalue weighted by molar-refractivity contribution is 0.146. The van der Waals surface area contributed by atoms with Crippen molar-refractivity contribution in [1.29, 1.82) is 0 Å². The van der Waals surface area contributed by atoms with E-state index in [0.717, 1.165) is 0 Å². The zero-order valence-electron chi connectivity index (χ0n) is 7.49. The highest BCUT2D eigenvalue weighted by molar-refractivity contribution is 5.64. The number of carbonyl (C=O) groups is 1. The van der Waals surface area contributed by atoms with Gasteiger partial charge in [-0.25, -0.2) is 26.7 Å². The van der Waals surface area contributed by atoms with Gasteiger partial charge in [0, 0.05) is 0 Å². The molecule has 16 heavy (non-hydrogen) atoms. The molecule has 0 saturated heterocycles. The lowest BCUT2D eigenvalue weighted by Gasteiger charge is -2.07. The van der Waals surface area contributed by atoms with E-state index in [4.69, 9.17) is 0 Å². The van der Waals surface area contributed by atoms with E-state index in [-0.39, 0.29) is 0 Å². The maximum atomic E-state index is 12.9. The molecule has 0 unspecified atom stereocenters. The molecule has 2 N–H and O–H groups in total. The van der Waals surface area contributed by atoms with Gasteiger partial charge in [-0.3, -0.25) is 0 Å². The summed E-state index contributed by atoms with van der Waals surface area (Å²) in [7, 11) is 0. The van der Waals surface area contributed by atoms with Crippen molar-refractivity contribution >= 4 is 6.09 Å². The van der Waals surface area contributed by atoms with Gasteiger partial charge in [0.1, 0.15) is 6.61 Å². The molecule has 0 heterocycles. The maximum absolute atomic E-state index is 12.9. The topological polar surface area (TPSA) is 52.3 Å². The average molecular weight is 241 g/mol. The van der Waals surface area contributed by atoms with Crippen molar-refractivity contribution in [3.05, 3.63) is 34.6 Å². The Bertz CT molecular complexity index is 420. The monoisotopic (exact) mass is 241 g/mol. The molecule has 3 nitrogen and oxygen atoms in total. The van der Waals surface area contributed by atoms with Crippen molar-refractivity contribution in [1.82, 2.24) is 0 Å². The van der Waals surface area contributed by atoms with Gasteiger partial charge < -0.3 is 10.5 Å². The van der Waals surface area contributed by atoms with Crippen LogP contribution in [0.5, 0.6) is 0 Å². The smallest absolute Gasteiger partial charge is 0.404 e. The first-order chi connectivity index (χ1) is 7.36. The Morgan fingerprint density at radius 3 is 1.69 bits per heavy atom. The minimum absolute atomic E-state index is 1.14. The Labute approximate surface area is 85.6 Å². The summed E-state index contributed by atoms with van der Waals surface area (Å²) in [6.07, 6.45) is -1.40. The van der Waals surface area contributed by atoms with Gasteiger partial charge in [-0.15, -0.1) is 0 Å². The number of benzene rings is 1. The molecule has 0 aliphatic carbocycles. The summed E-state index contributed by atoms with van der Waals surface area (Å²) in [5, 5.41) is 0. The largest absolute Gasteiger partial charge is 0.445 e. The molecule has 0 saturated carbocycles. The van der Waals surface area contributed by atoms with Crippen molar-refractivity contribution in [2.75, 3.05) is 0 Å². The standard InChI is InChI=1S/C8H4F5NO2/c9-3-2(1-16-8(14)15)4(10)6(12)7(13)5(3)11/h1H2,(H2,14,15). The molecule has 0 aliphatic rings. The van der Waals surface area contributed by atoms with E-state index >= 15 is 0 Å². The molecule has 0 atom stereocenters. The molecule has 0 aromatic heterocycles. The number of primary amides is 1. The van der Waals surface area contributed by atoms with Crippen LogP contribution >= 0.6 is 0 Å². The van der Waals surface area contributed by atoms with Gasteiger partial charge in [-0.1, -0.05) is 0 Å². The Morgan fingerprint density at radius 2 is 1.31 bits per heavy atom. The van der Waals surface area contributed by atoms with E-state index in [1.807, 2.05) is 0 Å². The predicted octanol–water partition coefficient (Wildman–Crippen LogP) is 1.98. The first-order valence-corrected chi connectivity index (χ1v) is 3.78. The number of carbonyl (C=O) groups excluding carboxylic acids is 1. The molecule has 0 radical (unpaired) electrons. The summed E-state index contributed by atoms with van der Waals surface area (Å²) < 4.78 is 67.5. The fraction of sp³-hybridized carbons (Fsp3) is 0.125. The highest BCUT2D eigenvalue weighted by atomic mass is 19.2. The number of ether oxygens (including phenoxy) is 1. The third-order valence-electron chi connectivity index (χ3n) is 1.66. The summed E-state index contributed by atoms with van der Waals surface area (Å²) in [6, 6.07) is 0. The third kappa shape index (κ3) is 2.05. The van der Waals surface area contributed by atoms with E-state index in [9.17, 15) is 26.7 Å². The van der Waals surface area contributed by atoms with Gasteiger partial charge >= 0.3 is 6.09 Å². The van der Waals surface area contributed by atoms with Crippen molar-refractivity contribution < 1.29 is 31.5 Å². The van der Waals surface area contributed by atoms with Crippen LogP contribution in [0.3, 0.4) is 0 Å². The van der Waals surface area contributed by atoms with Crippen molar-refractivity contribution in [2.45, 2.75) is 6.61 Å². The number of hydrogen-bond donors (Lipinski definition) is 1. The average Bonchev–Trinajstić information content (AvgIpc) is 2.23. The van der Waals surface area contributed by atoms with E-state index in [1.54, 1.807) is 0 Å². The van der Waals surface area contributed by atoms with Crippen LogP contribution in [0, 0.1) is 29.1 Å². The second-order valence-electron chi connectivity index (χ2n) is 2.66. The van der Waals surface area contributed by atoms with Crippen LogP contribution in [0.2, 0.25) is 0 Å². The quantitative estimate of drug-likeness (QED) is 0.489. The van der Waals surface area contributed by atoms with Gasteiger partial charge in [-0.2, -0.15) is 0 Å². The van der Waals surface area contributed by atoms with Gasteiger partial charge in [-0.05, 0) is 0 Å². The van der Waals surface area contributed by atoms with E-state index < -0.39 is 47.3 Å². The minimum atomic E-state index is -2.28. The number of nitrogens with two attached hydrogens (primary N) is 1. The fourth-order valence-electron chi connectivity index (χ4n) is 0.920. The van der Waals surface area contributed by atoms with Gasteiger partial charge in [0.2, 0.25) is 5.82 Å². The van der Waals surface area contributed by atoms with Gasteiger partial charge in [0.15, 0.2) is 23.3 Å². The predicted molar refractivity (Wildman–Crippen MR) is 40.6 cm³/mol. The second-order valence-corrected chi connectivity index (χ2v) is 2.66. The molecular weight excluding hydrogens is 237 g/mol. The molecule has 1 rings (SSSR count). The molecule has 1 amide bonds. The Hall–Kier alpha value is -1.86. The summed E-state index contributed by atoms with van der Waals surface area (Å²) >= 11 is 0. The van der Waals surface area contributed by atoms with Crippen LogP contribution in [0.1, 0.15) is 5.56 Å². The van der Waals surface area contributed by atoms with Crippen LogP contribution in [-0.2, 0) is 11.3 Å². The number of hydrogen-bond acceptors (Lipinski definition) is 2. The summed E-state index contributed by atoms with van der Waals surface area (Å²) in [5.41, 5.74) is 3.22. The Morgan fingerprint density at radius 1 is 0.938 bits per heavy atom. The molecule has 88 valence electrons. The Kier molecular flexibility index (Phi) is 3.31. The number of amides is 1. The van der Waals surface area contributed by atoms with Crippen molar-refractivity contribution in [3.63, 3.8) is 0 Å². The van der Waals surface area contributed by atoms with Crippen LogP contribution in [0.15, 0.2) is 0 Å². The van der Waals surface area contributed by atoms with E-state index in [0.29, 0.717) is 0 Å². The summed E-state index contributed by atoms with van der Waals surface area (Å²) in [4.78, 5) is 10.1. The fourth-order valence-corrected chi connectivity index (χ4v) is 0.920. The molecule has 1 aromatic rings. The summed E-state index contributed by atoms with van der Waals surface area (Å²) in [5.74, 6) is -10.6. The zero-order chi connectivity index (χ0) is 12.5. The second kappa shape index (κ2) is 4.33. The third-order valence-corrected chi connectivity index (χ3v) is 1.66. The van der Waals surface area contributed by atoms with E-state index in [1.165, 1.54) is 0 Å². The first kappa shape index (κ1) is 12.2. The highest BCUT2D eigenvalue weighted by Crippen LogP contribution is 2.23. The highest BCUT2D eigenvalue weighted by Gasteiger charge is 2.25. The SMILES string of the molecule is NC(=O)OCc1c(F)c(F)c(F)c(F)c1F. The molecule has 1 aromatic carbocycles. The molecule has 8 heteroatoms. The van der Waals surface area contributed by atoms with Crippen LogP contribution in [-0.4, -0.2) is 6.09 Å². The zero-order valence-corrected chi connectivity index (χ0v) is 7.49. The molecular formula is C8H4F5NO2. The molecule has 0 aliphatic heterocycles. The molecule has 0 fully saturated rings. The van der Waals surface area contributed by atoms with Crippen molar-refractivity contribution in [2.24, 2.45) is 5.73 Å². The van der Waals surface area contributed by atoms with Crippen LogP contribution < -0.4 is 5.73 Å². The molecule has 0 spiro atoms. The van der Waals surface area contributed by atoms with Crippen molar-refractivity contribution in [3.8, 4) is 0 Å². The lowest BCUT2D eigenvalue weighted by Crippen LogP contribution is -2.15. The lowest BCUT2D eigenvalue weighted by atomic mass is 10.2. The minimum Gasteiger partial charge on any atom is -0.445 e. The normalized spacial score (nSPS) is 10.3. The number of halogens is 5. The maximum Gasteiger partial charge on any atom is 0.404 e. The van der Waals surface area contributed by atoms with Crippen LogP contribution in [0.4, 0.5) is 26.7 Å². The van der Waals surface area contributed by atoms with E-state index in [2.05, 4.69) is 10.5 Å². The molecule has 0 bridgehead atoms. The van der Waals surface area contributed by atoms with Gasteiger partial charge in [0.25, 0.3) is 0 Å². The summed E-state index contributed by atoms with van der Waals surface area (Å²) in [6.45, 7) is -1.14. The first-order valence-electron chi connectivity index (χ1n) is 3.78.